The van der Waals surface area contributed by atoms with E-state index in [2.05, 4.69) is 0 Å². The molecule has 1 unspecified atom stereocenters. The Kier molecular flexibility index (Phi) is 6.84. The number of ether oxygens (including phenoxy) is 1. The zero-order valence-corrected chi connectivity index (χ0v) is 19.8. The maximum Gasteiger partial charge on any atom is 0.308 e. The van der Waals surface area contributed by atoms with E-state index >= 15 is 0 Å². The summed E-state index contributed by atoms with van der Waals surface area (Å²) in [6.07, 6.45) is 4.20. The number of likely N-dealkylation sites (N-methyl/N-ethyl adjacent to an activating group) is 1. The number of rotatable bonds is 6. The van der Waals surface area contributed by atoms with Crippen LogP contribution >= 0.6 is 0 Å². The molecule has 1 N–H and O–H groups in total. The van der Waals surface area contributed by atoms with Gasteiger partial charge in [-0.05, 0) is 74.7 Å². The maximum absolute atomic E-state index is 13.2. The van der Waals surface area contributed by atoms with Gasteiger partial charge in [0.1, 0.15) is 11.5 Å². The molecule has 7 nitrogen and oxygen atoms in total. The molecule has 0 saturated carbocycles. The first-order valence-electron chi connectivity index (χ1n) is 11.6. The second-order valence-electron chi connectivity index (χ2n) is 9.15. The summed E-state index contributed by atoms with van der Waals surface area (Å²) in [5, 5.41) is 11.3. The Balaban J connectivity index is 1.79. The van der Waals surface area contributed by atoms with Crippen molar-refractivity contribution in [1.82, 2.24) is 9.80 Å². The minimum atomic E-state index is -0.734. The molecular weight excluding hydrogens is 432 g/mol. The molecule has 1 fully saturated rings. The second kappa shape index (κ2) is 9.81. The lowest BCUT2D eigenvalue weighted by molar-refractivity contribution is -0.140. The Morgan fingerprint density at radius 3 is 2.38 bits per heavy atom. The smallest absolute Gasteiger partial charge is 0.308 e. The molecule has 1 amide bonds. The van der Waals surface area contributed by atoms with Crippen LogP contribution < -0.4 is 4.74 Å². The number of amides is 1. The van der Waals surface area contributed by atoms with Gasteiger partial charge in [0, 0.05) is 25.6 Å². The van der Waals surface area contributed by atoms with Gasteiger partial charge >= 0.3 is 5.97 Å². The fraction of sp³-hybridized carbons (Fsp3) is 0.370. The molecule has 2 aromatic carbocycles. The van der Waals surface area contributed by atoms with E-state index in [1.54, 1.807) is 24.3 Å². The number of nitrogens with zero attached hydrogens (tertiary/aromatic N) is 2. The van der Waals surface area contributed by atoms with Crippen molar-refractivity contribution in [3.05, 3.63) is 70.3 Å². The van der Waals surface area contributed by atoms with Crippen LogP contribution in [0.1, 0.15) is 48.1 Å². The number of aliphatic hydroxyl groups is 1. The Morgan fingerprint density at radius 1 is 1.06 bits per heavy atom. The first kappa shape index (κ1) is 23.7. The van der Waals surface area contributed by atoms with Crippen molar-refractivity contribution in [3.63, 3.8) is 0 Å². The SMILES string of the molecule is CC(=O)Oc1ccc(C2/C(=C(/O)c3ccc4c(c3)CCCC4)C(=O)C(=O)N2CCN(C)C)cc1. The Hall–Kier alpha value is -3.45. The fourth-order valence-corrected chi connectivity index (χ4v) is 4.69. The Morgan fingerprint density at radius 2 is 1.74 bits per heavy atom. The van der Waals surface area contributed by atoms with E-state index in [1.807, 2.05) is 37.2 Å². The Labute approximate surface area is 199 Å². The number of hydrogen-bond donors (Lipinski definition) is 1. The molecule has 7 heteroatoms. The van der Waals surface area contributed by atoms with Crippen LogP contribution in [-0.2, 0) is 27.2 Å². The van der Waals surface area contributed by atoms with Crippen LogP contribution in [0.2, 0.25) is 0 Å². The monoisotopic (exact) mass is 462 g/mol. The van der Waals surface area contributed by atoms with Crippen LogP contribution in [0.25, 0.3) is 5.76 Å². The molecule has 1 heterocycles. The third-order valence-corrected chi connectivity index (χ3v) is 6.41. The van der Waals surface area contributed by atoms with Crippen LogP contribution in [0.3, 0.4) is 0 Å². The normalized spacial score (nSPS) is 19.4. The van der Waals surface area contributed by atoms with Gasteiger partial charge in [0.25, 0.3) is 11.7 Å². The molecule has 34 heavy (non-hydrogen) atoms. The molecule has 0 radical (unpaired) electrons. The van der Waals surface area contributed by atoms with Gasteiger partial charge < -0.3 is 19.6 Å². The lowest BCUT2D eigenvalue weighted by Gasteiger charge is -2.26. The lowest BCUT2D eigenvalue weighted by Crippen LogP contribution is -2.35. The molecule has 0 bridgehead atoms. The molecule has 1 atom stereocenters. The summed E-state index contributed by atoms with van der Waals surface area (Å²) >= 11 is 0. The van der Waals surface area contributed by atoms with E-state index < -0.39 is 23.7 Å². The van der Waals surface area contributed by atoms with Crippen molar-refractivity contribution in [2.45, 2.75) is 38.6 Å². The quantitative estimate of drug-likeness (QED) is 0.233. The number of esters is 1. The van der Waals surface area contributed by atoms with E-state index in [-0.39, 0.29) is 11.3 Å². The largest absolute Gasteiger partial charge is 0.507 e. The minimum Gasteiger partial charge on any atom is -0.507 e. The summed E-state index contributed by atoms with van der Waals surface area (Å²) in [5.74, 6) is -1.54. The molecule has 1 saturated heterocycles. The molecule has 1 aliphatic carbocycles. The third-order valence-electron chi connectivity index (χ3n) is 6.41. The summed E-state index contributed by atoms with van der Waals surface area (Å²) in [5.41, 5.74) is 3.74. The van der Waals surface area contributed by atoms with Crippen molar-refractivity contribution in [2.24, 2.45) is 0 Å². The molecule has 178 valence electrons. The molecule has 1 aliphatic heterocycles. The highest BCUT2D eigenvalue weighted by Gasteiger charge is 2.46. The maximum atomic E-state index is 13.2. The molecule has 0 aromatic heterocycles. The molecule has 2 aromatic rings. The second-order valence-corrected chi connectivity index (χ2v) is 9.15. The molecule has 2 aliphatic rings. The number of hydrogen-bond acceptors (Lipinski definition) is 6. The van der Waals surface area contributed by atoms with Gasteiger partial charge in [-0.25, -0.2) is 0 Å². The van der Waals surface area contributed by atoms with E-state index in [4.69, 9.17) is 4.74 Å². The van der Waals surface area contributed by atoms with Crippen molar-refractivity contribution >= 4 is 23.4 Å². The zero-order chi connectivity index (χ0) is 24.4. The Bertz CT molecular complexity index is 1150. The fourth-order valence-electron chi connectivity index (χ4n) is 4.69. The number of carbonyl (C=O) groups is 3. The zero-order valence-electron chi connectivity index (χ0n) is 19.8. The van der Waals surface area contributed by atoms with Crippen LogP contribution in [0, 0.1) is 0 Å². The summed E-state index contributed by atoms with van der Waals surface area (Å²) < 4.78 is 5.12. The number of carbonyl (C=O) groups excluding carboxylic acids is 3. The van der Waals surface area contributed by atoms with Crippen molar-refractivity contribution in [3.8, 4) is 5.75 Å². The van der Waals surface area contributed by atoms with Gasteiger partial charge in [0.15, 0.2) is 0 Å². The number of aryl methyl sites for hydroxylation is 2. The summed E-state index contributed by atoms with van der Waals surface area (Å²) in [6.45, 7) is 2.21. The van der Waals surface area contributed by atoms with Crippen LogP contribution in [0.4, 0.5) is 0 Å². The first-order valence-corrected chi connectivity index (χ1v) is 11.6. The predicted molar refractivity (Wildman–Crippen MR) is 128 cm³/mol. The van der Waals surface area contributed by atoms with Gasteiger partial charge in [-0.1, -0.05) is 24.3 Å². The van der Waals surface area contributed by atoms with Crippen molar-refractivity contribution in [2.75, 3.05) is 27.2 Å². The average Bonchev–Trinajstić information content (AvgIpc) is 3.07. The van der Waals surface area contributed by atoms with Crippen LogP contribution in [0.15, 0.2) is 48.0 Å². The van der Waals surface area contributed by atoms with Gasteiger partial charge in [-0.3, -0.25) is 14.4 Å². The first-order chi connectivity index (χ1) is 16.3. The summed E-state index contributed by atoms with van der Waals surface area (Å²) in [6, 6.07) is 11.7. The summed E-state index contributed by atoms with van der Waals surface area (Å²) in [4.78, 5) is 40.9. The standard InChI is InChI=1S/C27H30N2O5/c1-17(30)34-22-12-10-19(11-13-22)24-23(26(32)27(33)29(24)15-14-28(2)3)25(31)21-9-8-18-6-4-5-7-20(18)16-21/h8-13,16,24,31H,4-7,14-15H2,1-3H3/b25-23-. The van der Waals surface area contributed by atoms with Crippen LogP contribution in [0.5, 0.6) is 5.75 Å². The van der Waals surface area contributed by atoms with E-state index in [1.165, 1.54) is 23.0 Å². The lowest BCUT2D eigenvalue weighted by atomic mass is 9.88. The molecular formula is C27H30N2O5. The highest BCUT2D eigenvalue weighted by molar-refractivity contribution is 6.46. The van der Waals surface area contributed by atoms with Gasteiger partial charge in [-0.2, -0.15) is 0 Å². The molecule has 4 rings (SSSR count). The minimum absolute atomic E-state index is 0.0831. The van der Waals surface area contributed by atoms with E-state index in [0.717, 1.165) is 25.7 Å². The van der Waals surface area contributed by atoms with Crippen molar-refractivity contribution in [1.29, 1.82) is 0 Å². The number of fused-ring (bicyclic) bond motifs is 1. The molecule has 0 spiro atoms. The number of ketones is 1. The number of aliphatic hydroxyl groups excluding tert-OH is 1. The van der Waals surface area contributed by atoms with E-state index in [9.17, 15) is 19.5 Å². The van der Waals surface area contributed by atoms with Crippen molar-refractivity contribution < 1.29 is 24.2 Å². The van der Waals surface area contributed by atoms with Gasteiger partial charge in [0.05, 0.1) is 11.6 Å². The van der Waals surface area contributed by atoms with Gasteiger partial charge in [0.2, 0.25) is 0 Å². The highest BCUT2D eigenvalue weighted by Crippen LogP contribution is 2.40. The average molecular weight is 463 g/mol. The topological polar surface area (TPSA) is 87.1 Å². The highest BCUT2D eigenvalue weighted by atomic mass is 16.5. The predicted octanol–water partition coefficient (Wildman–Crippen LogP) is 3.47. The number of benzene rings is 2. The van der Waals surface area contributed by atoms with Crippen LogP contribution in [-0.4, -0.2) is 59.8 Å². The summed E-state index contributed by atoms with van der Waals surface area (Å²) in [7, 11) is 3.79. The number of Topliss-reactive ketones (excluding diaryl/α,β-unsaturated/α-hetero) is 1. The number of likely N-dealkylation sites (tertiary alicyclic amines) is 1. The van der Waals surface area contributed by atoms with Gasteiger partial charge in [-0.15, -0.1) is 0 Å². The third kappa shape index (κ3) is 4.75. The van der Waals surface area contributed by atoms with E-state index in [0.29, 0.717) is 30.0 Å².